The van der Waals surface area contributed by atoms with Crippen molar-refractivity contribution in [2.24, 2.45) is 11.3 Å². The zero-order valence-electron chi connectivity index (χ0n) is 20.3. The molecule has 35 heavy (non-hydrogen) atoms. The first kappa shape index (κ1) is 24.3. The van der Waals surface area contributed by atoms with E-state index >= 15 is 0 Å². The van der Waals surface area contributed by atoms with E-state index in [1.165, 1.54) is 12.1 Å². The Bertz CT molecular complexity index is 1050. The van der Waals surface area contributed by atoms with E-state index in [1.807, 2.05) is 13.8 Å². The first-order chi connectivity index (χ1) is 16.7. The fraction of sp³-hybridized carbons (Fsp3) is 0.640. The molecule has 5 rings (SSSR count). The van der Waals surface area contributed by atoms with Crippen LogP contribution in [0, 0.1) is 17.2 Å². The number of carbonyl (C=O) groups excluding carboxylic acids is 3. The fourth-order valence-corrected chi connectivity index (χ4v) is 6.57. The molecule has 0 aromatic heterocycles. The predicted molar refractivity (Wildman–Crippen MR) is 132 cm³/mol. The number of hydrogen-bond donors (Lipinski definition) is 3. The molecule has 2 saturated heterocycles. The highest BCUT2D eigenvalue weighted by molar-refractivity contribution is 6.27. The Balaban J connectivity index is 1.22. The number of benzene rings is 1. The Morgan fingerprint density at radius 1 is 1.29 bits per heavy atom. The largest absolute Gasteiger partial charge is 0.384 e. The lowest BCUT2D eigenvalue weighted by molar-refractivity contribution is -0.158. The van der Waals surface area contributed by atoms with E-state index in [-0.39, 0.29) is 46.8 Å². The number of carbonyl (C=O) groups is 3. The molecule has 1 spiro atoms. The summed E-state index contributed by atoms with van der Waals surface area (Å²) in [6.07, 6.45) is 3.26. The van der Waals surface area contributed by atoms with Crippen molar-refractivity contribution >= 4 is 40.7 Å². The van der Waals surface area contributed by atoms with E-state index in [9.17, 15) is 18.8 Å². The summed E-state index contributed by atoms with van der Waals surface area (Å²) in [4.78, 5) is 41.7. The van der Waals surface area contributed by atoms with Gasteiger partial charge >= 0.3 is 0 Å². The van der Waals surface area contributed by atoms with Crippen molar-refractivity contribution in [1.82, 2.24) is 15.1 Å². The topological polar surface area (TPSA) is 93.8 Å². The van der Waals surface area contributed by atoms with E-state index < -0.39 is 5.54 Å². The van der Waals surface area contributed by atoms with Crippen molar-refractivity contribution in [1.29, 1.82) is 0 Å². The zero-order valence-corrected chi connectivity index (χ0v) is 21.0. The maximum Gasteiger partial charge on any atom is 0.249 e. The van der Waals surface area contributed by atoms with Gasteiger partial charge in [-0.1, -0.05) is 0 Å². The summed E-state index contributed by atoms with van der Waals surface area (Å²) in [5.74, 6) is -0.594. The predicted octanol–water partition coefficient (Wildman–Crippen LogP) is 2.48. The number of fused-ring (bicyclic) bond motifs is 1. The van der Waals surface area contributed by atoms with E-state index in [0.717, 1.165) is 25.7 Å². The normalized spacial score (nSPS) is 27.6. The van der Waals surface area contributed by atoms with Crippen molar-refractivity contribution in [3.63, 3.8) is 0 Å². The van der Waals surface area contributed by atoms with E-state index in [4.69, 9.17) is 11.6 Å². The Hall–Kier alpha value is -2.39. The molecule has 3 heterocycles. The molecule has 3 aliphatic heterocycles. The van der Waals surface area contributed by atoms with Crippen LogP contribution in [-0.4, -0.2) is 72.2 Å². The van der Waals surface area contributed by atoms with E-state index in [0.29, 0.717) is 49.7 Å². The Labute approximate surface area is 209 Å². The summed E-state index contributed by atoms with van der Waals surface area (Å²) < 4.78 is 14.5. The first-order valence-electron chi connectivity index (χ1n) is 12.5. The smallest absolute Gasteiger partial charge is 0.249 e. The number of amides is 3. The molecule has 2 atom stereocenters. The molecule has 1 aromatic carbocycles. The molecule has 1 aliphatic carbocycles. The second-order valence-corrected chi connectivity index (χ2v) is 11.0. The Kier molecular flexibility index (Phi) is 6.20. The maximum atomic E-state index is 14.5. The number of piperidine rings is 1. The average molecular weight is 506 g/mol. The lowest BCUT2D eigenvalue weighted by Gasteiger charge is -2.58. The minimum Gasteiger partial charge on any atom is -0.384 e. The lowest BCUT2D eigenvalue weighted by Crippen LogP contribution is -2.66. The van der Waals surface area contributed by atoms with Crippen molar-refractivity contribution in [2.45, 2.75) is 51.1 Å². The van der Waals surface area contributed by atoms with Crippen LogP contribution >= 0.6 is 11.6 Å². The van der Waals surface area contributed by atoms with E-state index in [1.54, 1.807) is 4.90 Å². The summed E-state index contributed by atoms with van der Waals surface area (Å²) in [5, 5.41) is 9.31. The van der Waals surface area contributed by atoms with Crippen molar-refractivity contribution in [3.05, 3.63) is 23.5 Å². The fourth-order valence-electron chi connectivity index (χ4n) is 6.40. The molecule has 10 heteroatoms. The standard InChI is InChI=1S/C25H33ClFN5O3/c1-3-28-19-8-16(27)7-18-21(19)30-23(35)24(18,2)32-6-4-5-17(12-32)29-22(34)15-9-25(10-15)13-31(14-25)20(33)11-26/h7-8,15,17,28H,3-6,9-14H2,1-2H3,(H,29,34)(H,30,35)/t17-,24?/m1/s1. The minimum atomic E-state index is -1.00. The Morgan fingerprint density at radius 3 is 2.71 bits per heavy atom. The lowest BCUT2D eigenvalue weighted by atomic mass is 9.57. The van der Waals surface area contributed by atoms with Crippen LogP contribution in [0.2, 0.25) is 0 Å². The number of rotatable bonds is 6. The van der Waals surface area contributed by atoms with Gasteiger partial charge in [-0.15, -0.1) is 11.6 Å². The second-order valence-electron chi connectivity index (χ2n) is 10.7. The van der Waals surface area contributed by atoms with Crippen molar-refractivity contribution in [2.75, 3.05) is 49.2 Å². The highest BCUT2D eigenvalue weighted by Gasteiger charge is 2.56. The molecular formula is C25H33ClFN5O3. The summed E-state index contributed by atoms with van der Waals surface area (Å²) >= 11 is 5.63. The van der Waals surface area contributed by atoms with Crippen LogP contribution in [0.5, 0.6) is 0 Å². The van der Waals surface area contributed by atoms with Crippen LogP contribution in [0.15, 0.2) is 12.1 Å². The molecular weight excluding hydrogens is 473 g/mol. The van der Waals surface area contributed by atoms with Gasteiger partial charge in [0.15, 0.2) is 0 Å². The van der Waals surface area contributed by atoms with Gasteiger partial charge in [-0.2, -0.15) is 0 Å². The molecule has 1 saturated carbocycles. The van der Waals surface area contributed by atoms with Crippen molar-refractivity contribution < 1.29 is 18.8 Å². The average Bonchev–Trinajstić information content (AvgIpc) is 3.03. The van der Waals surface area contributed by atoms with E-state index in [2.05, 4.69) is 20.9 Å². The third-order valence-corrected chi connectivity index (χ3v) is 8.55. The van der Waals surface area contributed by atoms with Gasteiger partial charge in [-0.05, 0) is 58.2 Å². The SMILES string of the molecule is CCNc1cc(F)cc2c1NC(=O)C2(C)N1CCC[C@@H](NC(=O)C2CC3(C2)CN(C(=O)CCl)C3)C1. The van der Waals surface area contributed by atoms with Crippen molar-refractivity contribution in [3.8, 4) is 0 Å². The zero-order chi connectivity index (χ0) is 25.0. The van der Waals surface area contributed by atoms with Crippen LogP contribution in [0.1, 0.15) is 45.1 Å². The molecule has 1 aromatic rings. The van der Waals surface area contributed by atoms with Gasteiger partial charge in [0.05, 0.1) is 11.4 Å². The Morgan fingerprint density at radius 2 is 2.03 bits per heavy atom. The van der Waals surface area contributed by atoms with Crippen LogP contribution < -0.4 is 16.0 Å². The maximum absolute atomic E-state index is 14.5. The van der Waals surface area contributed by atoms with Gasteiger partial charge in [0.25, 0.3) is 0 Å². The van der Waals surface area contributed by atoms with Gasteiger partial charge in [0.1, 0.15) is 17.2 Å². The number of nitrogens with one attached hydrogen (secondary N) is 3. The third kappa shape index (κ3) is 4.06. The van der Waals surface area contributed by atoms with Crippen LogP contribution in [0.4, 0.5) is 15.8 Å². The van der Waals surface area contributed by atoms with Gasteiger partial charge in [-0.25, -0.2) is 4.39 Å². The molecule has 3 N–H and O–H groups in total. The van der Waals surface area contributed by atoms with Crippen LogP contribution in [-0.2, 0) is 19.9 Å². The molecule has 1 unspecified atom stereocenters. The minimum absolute atomic E-state index is 0.00264. The van der Waals surface area contributed by atoms with Gasteiger partial charge in [0, 0.05) is 49.1 Å². The highest BCUT2D eigenvalue weighted by Crippen LogP contribution is 2.52. The number of hydrogen-bond acceptors (Lipinski definition) is 5. The highest BCUT2D eigenvalue weighted by atomic mass is 35.5. The quantitative estimate of drug-likeness (QED) is 0.516. The van der Waals surface area contributed by atoms with Gasteiger partial charge in [0.2, 0.25) is 17.7 Å². The molecule has 0 radical (unpaired) electrons. The number of alkyl halides is 1. The number of likely N-dealkylation sites (tertiary alicyclic amines) is 2. The third-order valence-electron chi connectivity index (χ3n) is 8.32. The first-order valence-corrected chi connectivity index (χ1v) is 13.0. The number of anilines is 2. The molecule has 8 nitrogen and oxygen atoms in total. The molecule has 3 amide bonds. The molecule has 0 bridgehead atoms. The van der Waals surface area contributed by atoms with Gasteiger partial charge < -0.3 is 20.9 Å². The number of nitrogens with zero attached hydrogens (tertiary/aromatic N) is 2. The second kappa shape index (κ2) is 8.92. The molecule has 3 fully saturated rings. The summed E-state index contributed by atoms with van der Waals surface area (Å²) in [6.45, 7) is 6.99. The van der Waals surface area contributed by atoms with Crippen LogP contribution in [0.3, 0.4) is 0 Å². The monoisotopic (exact) mass is 505 g/mol. The van der Waals surface area contributed by atoms with Crippen LogP contribution in [0.25, 0.3) is 0 Å². The summed E-state index contributed by atoms with van der Waals surface area (Å²) in [6, 6.07) is 2.78. The molecule has 190 valence electrons. The molecule has 4 aliphatic rings. The number of halogens is 2. The van der Waals surface area contributed by atoms with Gasteiger partial charge in [-0.3, -0.25) is 19.3 Å². The summed E-state index contributed by atoms with van der Waals surface area (Å²) in [5.41, 5.74) is 0.926. The summed E-state index contributed by atoms with van der Waals surface area (Å²) in [7, 11) is 0.